The van der Waals surface area contributed by atoms with Gasteiger partial charge in [-0.2, -0.15) is 0 Å². The molecule has 5 heteroatoms. The van der Waals surface area contributed by atoms with Crippen molar-refractivity contribution in [3.8, 4) is 0 Å². The maximum absolute atomic E-state index is 12.6. The van der Waals surface area contributed by atoms with Gasteiger partial charge in [0.05, 0.1) is 12.5 Å². The average molecular weight is 354 g/mol. The summed E-state index contributed by atoms with van der Waals surface area (Å²) in [6.45, 7) is 0. The lowest BCUT2D eigenvalue weighted by Crippen LogP contribution is -2.30. The third-order valence-electron chi connectivity index (χ3n) is 3.95. The van der Waals surface area contributed by atoms with Crippen LogP contribution in [0.25, 0.3) is 10.8 Å². The van der Waals surface area contributed by atoms with E-state index in [-0.39, 0.29) is 12.3 Å². The van der Waals surface area contributed by atoms with Crippen LogP contribution in [-0.2, 0) is 4.79 Å². The summed E-state index contributed by atoms with van der Waals surface area (Å²) in [7, 11) is 0. The van der Waals surface area contributed by atoms with E-state index in [4.69, 9.17) is 16.7 Å². The molecule has 0 bridgehead atoms. The molecule has 0 aliphatic rings. The van der Waals surface area contributed by atoms with Crippen molar-refractivity contribution in [1.82, 2.24) is 5.32 Å². The van der Waals surface area contributed by atoms with E-state index in [0.717, 1.165) is 10.8 Å². The highest BCUT2D eigenvalue weighted by Gasteiger charge is 2.19. The molecule has 0 saturated heterocycles. The molecule has 0 heterocycles. The van der Waals surface area contributed by atoms with Crippen LogP contribution in [0.4, 0.5) is 0 Å². The van der Waals surface area contributed by atoms with Gasteiger partial charge in [-0.15, -0.1) is 0 Å². The molecule has 1 amide bonds. The number of carboxylic acid groups (broad SMARTS) is 1. The minimum atomic E-state index is -0.996. The molecule has 3 aromatic rings. The number of carbonyl (C=O) groups is 2. The Morgan fingerprint density at radius 2 is 1.72 bits per heavy atom. The number of fused-ring (bicyclic) bond motifs is 1. The molecule has 2 N–H and O–H groups in total. The lowest BCUT2D eigenvalue weighted by molar-refractivity contribution is -0.137. The zero-order valence-electron chi connectivity index (χ0n) is 13.3. The van der Waals surface area contributed by atoms with Crippen LogP contribution in [0.2, 0.25) is 5.02 Å². The summed E-state index contributed by atoms with van der Waals surface area (Å²) in [6, 6.07) is 19.3. The standard InChI is InChI=1S/C20H16ClNO3/c21-17-7-3-6-15(11-17)18(12-19(23)24)22-20(25)16-9-8-13-4-1-2-5-14(13)10-16/h1-11,18H,12H2,(H,22,25)(H,23,24). The second-order valence-electron chi connectivity index (χ2n) is 5.74. The largest absolute Gasteiger partial charge is 0.481 e. The fraction of sp³-hybridized carbons (Fsp3) is 0.100. The fourth-order valence-electron chi connectivity index (χ4n) is 2.72. The molecule has 0 fully saturated rings. The third kappa shape index (κ3) is 4.17. The van der Waals surface area contributed by atoms with E-state index in [1.54, 1.807) is 36.4 Å². The molecule has 1 atom stereocenters. The number of carbonyl (C=O) groups excluding carboxylic acids is 1. The topological polar surface area (TPSA) is 66.4 Å². The fourth-order valence-corrected chi connectivity index (χ4v) is 2.92. The van der Waals surface area contributed by atoms with Crippen LogP contribution >= 0.6 is 11.6 Å². The highest BCUT2D eigenvalue weighted by molar-refractivity contribution is 6.30. The SMILES string of the molecule is O=C(O)CC(NC(=O)c1ccc2ccccc2c1)c1cccc(Cl)c1. The van der Waals surface area contributed by atoms with Crippen LogP contribution in [0.1, 0.15) is 28.4 Å². The molecule has 0 aliphatic carbocycles. The summed E-state index contributed by atoms with van der Waals surface area (Å²) in [5.41, 5.74) is 1.14. The maximum Gasteiger partial charge on any atom is 0.305 e. The normalized spacial score (nSPS) is 11.9. The first-order valence-electron chi connectivity index (χ1n) is 7.80. The summed E-state index contributed by atoms with van der Waals surface area (Å²) in [6.07, 6.45) is -0.223. The van der Waals surface area contributed by atoms with Gasteiger partial charge in [0.15, 0.2) is 0 Å². The number of rotatable bonds is 5. The quantitative estimate of drug-likeness (QED) is 0.712. The number of halogens is 1. The average Bonchev–Trinajstić information content (AvgIpc) is 2.60. The number of aliphatic carboxylic acids is 1. The zero-order valence-corrected chi connectivity index (χ0v) is 14.0. The van der Waals surface area contributed by atoms with Crippen LogP contribution in [0.3, 0.4) is 0 Å². The van der Waals surface area contributed by atoms with Gasteiger partial charge in [-0.05, 0) is 40.6 Å². The Kier molecular flexibility index (Phi) is 5.00. The number of hydrogen-bond acceptors (Lipinski definition) is 2. The highest BCUT2D eigenvalue weighted by atomic mass is 35.5. The molecule has 0 spiro atoms. The summed E-state index contributed by atoms with van der Waals surface area (Å²) in [5.74, 6) is -1.32. The van der Waals surface area contributed by atoms with Crippen molar-refractivity contribution in [3.05, 3.63) is 82.9 Å². The molecule has 0 aliphatic heterocycles. The Morgan fingerprint density at radius 3 is 2.44 bits per heavy atom. The van der Waals surface area contributed by atoms with E-state index in [1.807, 2.05) is 30.3 Å². The molecular formula is C20H16ClNO3. The highest BCUT2D eigenvalue weighted by Crippen LogP contribution is 2.22. The molecule has 126 valence electrons. The minimum absolute atomic E-state index is 0.223. The summed E-state index contributed by atoms with van der Waals surface area (Å²) < 4.78 is 0. The summed E-state index contributed by atoms with van der Waals surface area (Å²) in [4.78, 5) is 23.8. The first-order valence-corrected chi connectivity index (χ1v) is 8.17. The van der Waals surface area contributed by atoms with Gasteiger partial charge in [0.2, 0.25) is 0 Å². The van der Waals surface area contributed by atoms with Gasteiger partial charge < -0.3 is 10.4 Å². The number of benzene rings is 3. The van der Waals surface area contributed by atoms with Crippen molar-refractivity contribution in [3.63, 3.8) is 0 Å². The van der Waals surface area contributed by atoms with Crippen molar-refractivity contribution in [2.45, 2.75) is 12.5 Å². The Hall–Kier alpha value is -2.85. The lowest BCUT2D eigenvalue weighted by Gasteiger charge is -2.18. The van der Waals surface area contributed by atoms with Crippen molar-refractivity contribution < 1.29 is 14.7 Å². The van der Waals surface area contributed by atoms with Gasteiger partial charge in [0.1, 0.15) is 0 Å². The van der Waals surface area contributed by atoms with Crippen molar-refractivity contribution in [2.24, 2.45) is 0 Å². The van der Waals surface area contributed by atoms with Crippen molar-refractivity contribution in [1.29, 1.82) is 0 Å². The molecule has 1 unspecified atom stereocenters. The van der Waals surface area contributed by atoms with Crippen LogP contribution < -0.4 is 5.32 Å². The maximum atomic E-state index is 12.6. The minimum Gasteiger partial charge on any atom is -0.481 e. The number of hydrogen-bond donors (Lipinski definition) is 2. The lowest BCUT2D eigenvalue weighted by atomic mass is 10.0. The Balaban J connectivity index is 1.87. The van der Waals surface area contributed by atoms with Gasteiger partial charge in [0.25, 0.3) is 5.91 Å². The predicted molar refractivity (Wildman–Crippen MR) is 97.9 cm³/mol. The second-order valence-corrected chi connectivity index (χ2v) is 6.18. The molecule has 0 saturated carbocycles. The molecule has 3 aromatic carbocycles. The van der Waals surface area contributed by atoms with E-state index in [1.165, 1.54) is 0 Å². The predicted octanol–water partition coefficient (Wildman–Crippen LogP) is 4.44. The van der Waals surface area contributed by atoms with E-state index in [2.05, 4.69) is 5.32 Å². The third-order valence-corrected chi connectivity index (χ3v) is 4.18. The Morgan fingerprint density at radius 1 is 0.960 bits per heavy atom. The molecule has 4 nitrogen and oxygen atoms in total. The number of carboxylic acids is 1. The smallest absolute Gasteiger partial charge is 0.305 e. The van der Waals surface area contributed by atoms with E-state index in [9.17, 15) is 9.59 Å². The van der Waals surface area contributed by atoms with Gasteiger partial charge >= 0.3 is 5.97 Å². The van der Waals surface area contributed by atoms with Crippen LogP contribution in [0.15, 0.2) is 66.7 Å². The van der Waals surface area contributed by atoms with E-state index >= 15 is 0 Å². The van der Waals surface area contributed by atoms with Gasteiger partial charge in [0, 0.05) is 10.6 Å². The van der Waals surface area contributed by atoms with Gasteiger partial charge in [-0.1, -0.05) is 54.1 Å². The van der Waals surface area contributed by atoms with Crippen LogP contribution in [0.5, 0.6) is 0 Å². The van der Waals surface area contributed by atoms with Crippen molar-refractivity contribution in [2.75, 3.05) is 0 Å². The van der Waals surface area contributed by atoms with E-state index in [0.29, 0.717) is 16.1 Å². The van der Waals surface area contributed by atoms with Crippen LogP contribution in [0, 0.1) is 0 Å². The monoisotopic (exact) mass is 353 g/mol. The van der Waals surface area contributed by atoms with E-state index < -0.39 is 12.0 Å². The number of nitrogens with one attached hydrogen (secondary N) is 1. The Labute approximate surface area is 150 Å². The van der Waals surface area contributed by atoms with Gasteiger partial charge in [-0.3, -0.25) is 9.59 Å². The molecule has 3 rings (SSSR count). The Bertz CT molecular complexity index is 939. The summed E-state index contributed by atoms with van der Waals surface area (Å²) >= 11 is 5.98. The first kappa shape index (κ1) is 17.0. The molecule has 0 aromatic heterocycles. The first-order chi connectivity index (χ1) is 12.0. The second kappa shape index (κ2) is 7.36. The van der Waals surface area contributed by atoms with Gasteiger partial charge in [-0.25, -0.2) is 0 Å². The molecular weight excluding hydrogens is 338 g/mol. The number of amides is 1. The molecule has 25 heavy (non-hydrogen) atoms. The zero-order chi connectivity index (χ0) is 17.8. The molecule has 0 radical (unpaired) electrons. The van der Waals surface area contributed by atoms with Crippen LogP contribution in [-0.4, -0.2) is 17.0 Å². The van der Waals surface area contributed by atoms with Crippen molar-refractivity contribution >= 4 is 34.2 Å². The summed E-state index contributed by atoms with van der Waals surface area (Å²) in [5, 5.41) is 14.4.